The number of rotatable bonds is 1. The molecule has 14 heavy (non-hydrogen) atoms. The molecule has 0 radical (unpaired) electrons. The average molecular weight is 339 g/mol. The molecular weight excluding hydrogens is 331 g/mol. The van der Waals surface area contributed by atoms with Crippen LogP contribution in [0.4, 0.5) is 0 Å². The molecule has 0 bridgehead atoms. The van der Waals surface area contributed by atoms with E-state index < -0.39 is 0 Å². The maximum absolute atomic E-state index is 7.31. The molecule has 0 aliphatic rings. The molecule has 0 fully saturated rings. The first-order valence-corrected chi connectivity index (χ1v) is 5.60. The van der Waals surface area contributed by atoms with Crippen molar-refractivity contribution < 1.29 is 0 Å². The number of nitrogens with two attached hydrogens (primary N) is 1. The SMILES string of the molecule is Cl.N=C(N)c1cc2cc(I)ccc2s1. The summed E-state index contributed by atoms with van der Waals surface area (Å²) >= 11 is 3.84. The molecule has 0 aliphatic heterocycles. The smallest absolute Gasteiger partial charge is 0.133 e. The maximum Gasteiger partial charge on any atom is 0.133 e. The Labute approximate surface area is 106 Å². The van der Waals surface area contributed by atoms with Gasteiger partial charge in [0, 0.05) is 8.27 Å². The number of hydrogen-bond donors (Lipinski definition) is 2. The van der Waals surface area contributed by atoms with Crippen LogP contribution in [-0.4, -0.2) is 5.84 Å². The highest BCUT2D eigenvalue weighted by atomic mass is 127. The molecule has 0 atom stereocenters. The van der Waals surface area contributed by atoms with Crippen LogP contribution in [0.2, 0.25) is 0 Å². The van der Waals surface area contributed by atoms with Gasteiger partial charge < -0.3 is 5.73 Å². The molecule has 0 saturated carbocycles. The standard InChI is InChI=1S/C9H7IN2S.ClH/c10-6-1-2-7-5(3-6)4-8(13-7)9(11)12;/h1-4H,(H3,11,12);1H. The zero-order valence-corrected chi connectivity index (χ0v) is 10.9. The minimum absolute atomic E-state index is 0. The number of nitrogen functional groups attached to an aromatic ring is 1. The second-order valence-corrected chi connectivity index (χ2v) is 5.04. The molecule has 2 nitrogen and oxygen atoms in total. The predicted octanol–water partition coefficient (Wildman–Crippen LogP) is 3.21. The van der Waals surface area contributed by atoms with Crippen molar-refractivity contribution in [1.82, 2.24) is 0 Å². The summed E-state index contributed by atoms with van der Waals surface area (Å²) in [5.41, 5.74) is 5.41. The van der Waals surface area contributed by atoms with E-state index in [0.29, 0.717) is 0 Å². The van der Waals surface area contributed by atoms with Crippen molar-refractivity contribution in [1.29, 1.82) is 5.41 Å². The fourth-order valence-corrected chi connectivity index (χ4v) is 2.57. The van der Waals surface area contributed by atoms with E-state index in [1.807, 2.05) is 6.07 Å². The Bertz CT molecular complexity index is 481. The summed E-state index contributed by atoms with van der Waals surface area (Å²) < 4.78 is 2.39. The van der Waals surface area contributed by atoms with Gasteiger partial charge >= 0.3 is 0 Å². The van der Waals surface area contributed by atoms with Gasteiger partial charge in [-0.15, -0.1) is 23.7 Å². The van der Waals surface area contributed by atoms with E-state index in [9.17, 15) is 0 Å². The van der Waals surface area contributed by atoms with Crippen LogP contribution < -0.4 is 5.73 Å². The van der Waals surface area contributed by atoms with E-state index in [0.717, 1.165) is 4.88 Å². The van der Waals surface area contributed by atoms with Crippen molar-refractivity contribution in [3.8, 4) is 0 Å². The Kier molecular flexibility index (Phi) is 3.74. The summed E-state index contributed by atoms with van der Waals surface area (Å²) in [6.45, 7) is 0. The van der Waals surface area contributed by atoms with Gasteiger partial charge in [0.15, 0.2) is 0 Å². The summed E-state index contributed by atoms with van der Waals surface area (Å²) in [7, 11) is 0. The number of halogens is 2. The van der Waals surface area contributed by atoms with E-state index in [1.54, 1.807) is 11.3 Å². The monoisotopic (exact) mass is 338 g/mol. The van der Waals surface area contributed by atoms with Crippen LogP contribution in [0.5, 0.6) is 0 Å². The molecule has 3 N–H and O–H groups in total. The summed E-state index contributed by atoms with van der Waals surface area (Å²) in [5, 5.41) is 8.48. The highest BCUT2D eigenvalue weighted by molar-refractivity contribution is 14.1. The predicted molar refractivity (Wildman–Crippen MR) is 72.8 cm³/mol. The molecule has 1 heterocycles. The number of amidine groups is 1. The third-order valence-corrected chi connectivity index (χ3v) is 3.56. The number of hydrogen-bond acceptors (Lipinski definition) is 2. The molecular formula is C9H8ClIN2S. The van der Waals surface area contributed by atoms with Crippen LogP contribution in [0.1, 0.15) is 4.88 Å². The van der Waals surface area contributed by atoms with Gasteiger partial charge in [0.25, 0.3) is 0 Å². The maximum atomic E-state index is 7.31. The molecule has 0 unspecified atom stereocenters. The second kappa shape index (κ2) is 4.46. The first kappa shape index (κ1) is 11.7. The molecule has 1 aromatic heterocycles. The van der Waals surface area contributed by atoms with Crippen LogP contribution in [0, 0.1) is 8.98 Å². The number of nitrogens with one attached hydrogen (secondary N) is 1. The van der Waals surface area contributed by atoms with Crippen LogP contribution in [0.15, 0.2) is 24.3 Å². The Hall–Kier alpha value is -0.330. The van der Waals surface area contributed by atoms with Crippen LogP contribution in [-0.2, 0) is 0 Å². The van der Waals surface area contributed by atoms with Crippen molar-refractivity contribution in [2.45, 2.75) is 0 Å². The lowest BCUT2D eigenvalue weighted by atomic mass is 10.2. The van der Waals surface area contributed by atoms with E-state index >= 15 is 0 Å². The molecule has 2 rings (SSSR count). The first-order valence-electron chi connectivity index (χ1n) is 3.70. The van der Waals surface area contributed by atoms with E-state index in [1.165, 1.54) is 13.7 Å². The molecule has 2 aromatic rings. The number of thiophene rings is 1. The fourth-order valence-electron chi connectivity index (χ4n) is 1.15. The van der Waals surface area contributed by atoms with Gasteiger partial charge in [-0.25, -0.2) is 0 Å². The van der Waals surface area contributed by atoms with Crippen molar-refractivity contribution in [2.75, 3.05) is 0 Å². The summed E-state index contributed by atoms with van der Waals surface area (Å²) in [6, 6.07) is 8.18. The largest absolute Gasteiger partial charge is 0.383 e. The van der Waals surface area contributed by atoms with E-state index in [4.69, 9.17) is 11.1 Å². The summed E-state index contributed by atoms with van der Waals surface area (Å²) in [5.74, 6) is 0.149. The van der Waals surface area contributed by atoms with Crippen LogP contribution in [0.3, 0.4) is 0 Å². The highest BCUT2D eigenvalue weighted by Gasteiger charge is 2.03. The number of fused-ring (bicyclic) bond motifs is 1. The van der Waals surface area contributed by atoms with Crippen molar-refractivity contribution in [3.63, 3.8) is 0 Å². The van der Waals surface area contributed by atoms with Crippen molar-refractivity contribution in [3.05, 3.63) is 32.7 Å². The lowest BCUT2D eigenvalue weighted by Crippen LogP contribution is -2.08. The van der Waals surface area contributed by atoms with Crippen molar-refractivity contribution >= 4 is 62.3 Å². The van der Waals surface area contributed by atoms with Gasteiger partial charge in [0.05, 0.1) is 4.88 Å². The third kappa shape index (κ3) is 2.18. The second-order valence-electron chi connectivity index (χ2n) is 2.71. The van der Waals surface area contributed by atoms with Crippen LogP contribution in [0.25, 0.3) is 10.1 Å². The minimum Gasteiger partial charge on any atom is -0.383 e. The lowest BCUT2D eigenvalue weighted by molar-refractivity contribution is 1.46. The van der Waals surface area contributed by atoms with E-state index in [-0.39, 0.29) is 18.2 Å². The quantitative estimate of drug-likeness (QED) is 0.468. The molecule has 74 valence electrons. The topological polar surface area (TPSA) is 49.9 Å². The fraction of sp³-hybridized carbons (Fsp3) is 0. The molecule has 1 aromatic carbocycles. The van der Waals surface area contributed by atoms with E-state index in [2.05, 4.69) is 40.8 Å². The summed E-state index contributed by atoms with van der Waals surface area (Å²) in [4.78, 5) is 0.844. The normalized spacial score (nSPS) is 9.79. The first-order chi connectivity index (χ1) is 6.16. The zero-order chi connectivity index (χ0) is 9.42. The Morgan fingerprint density at radius 2 is 2.07 bits per heavy atom. The molecule has 0 aliphatic carbocycles. The highest BCUT2D eigenvalue weighted by Crippen LogP contribution is 2.26. The minimum atomic E-state index is 0. The van der Waals surface area contributed by atoms with Gasteiger partial charge in [-0.05, 0) is 52.2 Å². The van der Waals surface area contributed by atoms with Crippen molar-refractivity contribution in [2.24, 2.45) is 5.73 Å². The van der Waals surface area contributed by atoms with Crippen LogP contribution >= 0.6 is 46.3 Å². The van der Waals surface area contributed by atoms with Gasteiger partial charge in [0.2, 0.25) is 0 Å². The third-order valence-electron chi connectivity index (χ3n) is 1.74. The van der Waals surface area contributed by atoms with Gasteiger partial charge in [-0.2, -0.15) is 0 Å². The lowest BCUT2D eigenvalue weighted by Gasteiger charge is -1.88. The Balaban J connectivity index is 0.000000980. The zero-order valence-electron chi connectivity index (χ0n) is 7.08. The molecule has 0 saturated heterocycles. The van der Waals surface area contributed by atoms with Gasteiger partial charge in [-0.1, -0.05) is 0 Å². The molecule has 0 spiro atoms. The molecule has 0 amide bonds. The van der Waals surface area contributed by atoms with Gasteiger partial charge in [0.1, 0.15) is 5.84 Å². The summed E-state index contributed by atoms with van der Waals surface area (Å²) in [6.07, 6.45) is 0. The average Bonchev–Trinajstić information content (AvgIpc) is 2.46. The number of benzene rings is 1. The van der Waals surface area contributed by atoms with Gasteiger partial charge in [-0.3, -0.25) is 5.41 Å². The molecule has 5 heteroatoms. The Morgan fingerprint density at radius 3 is 2.71 bits per heavy atom. The Morgan fingerprint density at radius 1 is 1.36 bits per heavy atom.